The molecule has 0 spiro atoms. The molecule has 1 aromatic carbocycles. The van der Waals surface area contributed by atoms with Crippen molar-refractivity contribution in [2.45, 2.75) is 52.2 Å². The van der Waals surface area contributed by atoms with Crippen LogP contribution in [0.5, 0.6) is 11.5 Å². The quantitative estimate of drug-likeness (QED) is 0.902. The molecule has 4 heteroatoms. The number of hydrogen-bond acceptors (Lipinski definition) is 3. The lowest BCUT2D eigenvalue weighted by Crippen LogP contribution is -2.29. The van der Waals surface area contributed by atoms with Crippen LogP contribution < -0.4 is 9.47 Å². The summed E-state index contributed by atoms with van der Waals surface area (Å²) in [5.74, 6) is 0.389. The van der Waals surface area contributed by atoms with Crippen LogP contribution in [0.2, 0.25) is 0 Å². The lowest BCUT2D eigenvalue weighted by atomic mass is 9.78. The van der Waals surface area contributed by atoms with E-state index in [1.54, 1.807) is 6.07 Å². The summed E-state index contributed by atoms with van der Waals surface area (Å²) in [6.07, 6.45) is 4.09. The zero-order chi connectivity index (χ0) is 15.7. The summed E-state index contributed by atoms with van der Waals surface area (Å²) < 4.78 is 25.2. The number of aliphatic hydroxyl groups excluding tert-OH is 1. The van der Waals surface area contributed by atoms with E-state index in [1.807, 2.05) is 13.0 Å². The first-order valence-electron chi connectivity index (χ1n) is 8.18. The average molecular weight is 306 g/mol. The Kier molecular flexibility index (Phi) is 4.39. The second-order valence-corrected chi connectivity index (χ2v) is 6.06. The maximum atomic E-state index is 14.5. The zero-order valence-electron chi connectivity index (χ0n) is 13.2. The molecule has 3 nitrogen and oxygen atoms in total. The monoisotopic (exact) mass is 306 g/mol. The molecule has 120 valence electrons. The van der Waals surface area contributed by atoms with Gasteiger partial charge in [0.05, 0.1) is 6.61 Å². The maximum absolute atomic E-state index is 14.5. The van der Waals surface area contributed by atoms with Gasteiger partial charge in [-0.25, -0.2) is 0 Å². The van der Waals surface area contributed by atoms with E-state index in [9.17, 15) is 9.50 Å². The Balaban J connectivity index is 1.98. The van der Waals surface area contributed by atoms with Gasteiger partial charge in [-0.2, -0.15) is 4.39 Å². The fourth-order valence-electron chi connectivity index (χ4n) is 3.60. The van der Waals surface area contributed by atoms with Crippen molar-refractivity contribution < 1.29 is 19.0 Å². The number of aliphatic hydroxyl groups is 1. The van der Waals surface area contributed by atoms with E-state index in [0.717, 1.165) is 48.8 Å². The van der Waals surface area contributed by atoms with E-state index in [2.05, 4.69) is 6.92 Å². The smallest absolute Gasteiger partial charge is 0.221 e. The predicted octanol–water partition coefficient (Wildman–Crippen LogP) is 4.29. The highest BCUT2D eigenvalue weighted by atomic mass is 19.1. The Labute approximate surface area is 130 Å². The molecule has 2 aliphatic rings. The molecule has 0 fully saturated rings. The maximum Gasteiger partial charge on any atom is 0.221 e. The van der Waals surface area contributed by atoms with E-state index >= 15 is 0 Å². The summed E-state index contributed by atoms with van der Waals surface area (Å²) in [7, 11) is 0. The third-order valence-corrected chi connectivity index (χ3v) is 4.61. The van der Waals surface area contributed by atoms with Gasteiger partial charge in [0.1, 0.15) is 0 Å². The van der Waals surface area contributed by atoms with Gasteiger partial charge in [0.2, 0.25) is 12.1 Å². The summed E-state index contributed by atoms with van der Waals surface area (Å²) in [6.45, 7) is 4.38. The first kappa shape index (κ1) is 15.3. The third-order valence-electron chi connectivity index (χ3n) is 4.61. The van der Waals surface area contributed by atoms with E-state index in [1.165, 1.54) is 0 Å². The fourth-order valence-corrected chi connectivity index (χ4v) is 3.60. The van der Waals surface area contributed by atoms with Crippen molar-refractivity contribution in [1.29, 1.82) is 0 Å². The van der Waals surface area contributed by atoms with Gasteiger partial charge < -0.3 is 14.6 Å². The summed E-state index contributed by atoms with van der Waals surface area (Å²) in [5.41, 5.74) is 2.76. The number of rotatable bonds is 4. The second-order valence-electron chi connectivity index (χ2n) is 6.06. The Morgan fingerprint density at radius 3 is 2.91 bits per heavy atom. The zero-order valence-corrected chi connectivity index (χ0v) is 13.2. The minimum atomic E-state index is -1.03. The predicted molar refractivity (Wildman–Crippen MR) is 83.4 cm³/mol. The molecule has 2 atom stereocenters. The average Bonchev–Trinajstić information content (AvgIpc) is 2.52. The van der Waals surface area contributed by atoms with E-state index in [4.69, 9.17) is 9.47 Å². The summed E-state index contributed by atoms with van der Waals surface area (Å²) in [5, 5.41) is 10.3. The van der Waals surface area contributed by atoms with Gasteiger partial charge in [0, 0.05) is 11.1 Å². The highest BCUT2D eigenvalue weighted by Gasteiger charge is 2.34. The Bertz CT molecular complexity index is 594. The van der Waals surface area contributed by atoms with Crippen LogP contribution in [0, 0.1) is 11.7 Å². The lowest BCUT2D eigenvalue weighted by molar-refractivity contribution is 0.00288. The van der Waals surface area contributed by atoms with Crippen LogP contribution in [-0.2, 0) is 0 Å². The van der Waals surface area contributed by atoms with Crippen LogP contribution in [-0.4, -0.2) is 18.0 Å². The highest BCUT2D eigenvalue weighted by molar-refractivity contribution is 5.77. The molecule has 2 unspecified atom stereocenters. The molecule has 3 rings (SSSR count). The van der Waals surface area contributed by atoms with Crippen molar-refractivity contribution in [1.82, 2.24) is 0 Å². The van der Waals surface area contributed by atoms with Crippen molar-refractivity contribution in [3.63, 3.8) is 0 Å². The van der Waals surface area contributed by atoms with Crippen molar-refractivity contribution in [2.75, 3.05) is 6.61 Å². The van der Waals surface area contributed by atoms with Gasteiger partial charge in [-0.05, 0) is 49.8 Å². The van der Waals surface area contributed by atoms with Gasteiger partial charge in [0.15, 0.2) is 11.5 Å². The highest BCUT2D eigenvalue weighted by Crippen LogP contribution is 2.47. The van der Waals surface area contributed by atoms with Gasteiger partial charge in [-0.3, -0.25) is 0 Å². The Morgan fingerprint density at radius 1 is 1.36 bits per heavy atom. The SMILES string of the molecule is CCCC1CCC2=C(C1)C(O)Oc1c2ccc(OCC)c1F. The van der Waals surface area contributed by atoms with Crippen molar-refractivity contribution in [2.24, 2.45) is 5.92 Å². The summed E-state index contributed by atoms with van der Waals surface area (Å²) >= 11 is 0. The van der Waals surface area contributed by atoms with Crippen LogP contribution in [0.4, 0.5) is 4.39 Å². The topological polar surface area (TPSA) is 38.7 Å². The van der Waals surface area contributed by atoms with E-state index in [-0.39, 0.29) is 11.5 Å². The molecule has 0 saturated carbocycles. The number of fused-ring (bicyclic) bond motifs is 2. The molecule has 1 N–H and O–H groups in total. The van der Waals surface area contributed by atoms with Crippen LogP contribution in [0.3, 0.4) is 0 Å². The molecule has 1 aromatic rings. The minimum absolute atomic E-state index is 0.131. The molecule has 0 radical (unpaired) electrons. The van der Waals surface area contributed by atoms with Crippen molar-refractivity contribution >= 4 is 5.57 Å². The van der Waals surface area contributed by atoms with Crippen LogP contribution in [0.1, 0.15) is 51.5 Å². The Hall–Kier alpha value is -1.55. The molecular formula is C18H23FO3. The second kappa shape index (κ2) is 6.29. The molecule has 1 aliphatic carbocycles. The molecule has 0 bridgehead atoms. The molecule has 0 saturated heterocycles. The third kappa shape index (κ3) is 2.60. The van der Waals surface area contributed by atoms with Crippen LogP contribution in [0.25, 0.3) is 5.57 Å². The Morgan fingerprint density at radius 2 is 2.18 bits per heavy atom. The number of hydrogen-bond donors (Lipinski definition) is 1. The molecular weight excluding hydrogens is 283 g/mol. The number of benzene rings is 1. The van der Waals surface area contributed by atoms with Crippen LogP contribution >= 0.6 is 0 Å². The number of ether oxygens (including phenoxy) is 2. The van der Waals surface area contributed by atoms with Crippen LogP contribution in [0.15, 0.2) is 17.7 Å². The van der Waals surface area contributed by atoms with Gasteiger partial charge in [-0.1, -0.05) is 19.8 Å². The lowest BCUT2D eigenvalue weighted by Gasteiger charge is -2.34. The molecule has 0 aromatic heterocycles. The summed E-state index contributed by atoms with van der Waals surface area (Å²) in [4.78, 5) is 0. The summed E-state index contributed by atoms with van der Waals surface area (Å²) in [6, 6.07) is 3.51. The van der Waals surface area contributed by atoms with Crippen molar-refractivity contribution in [3.8, 4) is 11.5 Å². The molecule has 1 aliphatic heterocycles. The number of halogens is 1. The first-order chi connectivity index (χ1) is 10.7. The normalized spacial score (nSPS) is 23.6. The fraction of sp³-hybridized carbons (Fsp3) is 0.556. The molecule has 22 heavy (non-hydrogen) atoms. The minimum Gasteiger partial charge on any atom is -0.491 e. The first-order valence-corrected chi connectivity index (χ1v) is 8.18. The van der Waals surface area contributed by atoms with E-state index < -0.39 is 12.1 Å². The molecule has 1 heterocycles. The van der Waals surface area contributed by atoms with Gasteiger partial charge in [-0.15, -0.1) is 0 Å². The van der Waals surface area contributed by atoms with Gasteiger partial charge >= 0.3 is 0 Å². The number of allylic oxidation sites excluding steroid dienone is 1. The molecule has 0 amide bonds. The van der Waals surface area contributed by atoms with Crippen molar-refractivity contribution in [3.05, 3.63) is 29.1 Å². The van der Waals surface area contributed by atoms with E-state index in [0.29, 0.717) is 12.5 Å². The van der Waals surface area contributed by atoms with Gasteiger partial charge in [0.25, 0.3) is 0 Å². The standard InChI is InChI=1S/C18H23FO3/c1-3-5-11-6-7-12-13-8-9-15(21-4-2)16(19)17(13)22-18(20)14(12)10-11/h8-9,11,18,20H,3-7,10H2,1-2H3. The largest absolute Gasteiger partial charge is 0.491 e.